The third-order valence-electron chi connectivity index (χ3n) is 2.36. The lowest BCUT2D eigenvalue weighted by Gasteiger charge is -2.25. The lowest BCUT2D eigenvalue weighted by molar-refractivity contribution is 0.448. The summed E-state index contributed by atoms with van der Waals surface area (Å²) < 4.78 is 2.04. The van der Waals surface area contributed by atoms with Gasteiger partial charge in [0.2, 0.25) is 0 Å². The number of hydrogen-bond donors (Lipinski definition) is 1. The minimum atomic E-state index is 0.718. The Kier molecular flexibility index (Phi) is 2.13. The summed E-state index contributed by atoms with van der Waals surface area (Å²) in [6.07, 6.45) is 5.33. The highest BCUT2D eigenvalue weighted by molar-refractivity contribution is 5.15. The Labute approximate surface area is 72.8 Å². The molecule has 12 heavy (non-hydrogen) atoms. The Hall–Kier alpha value is -0.830. The highest BCUT2D eigenvalue weighted by Gasteiger charge is 2.19. The lowest BCUT2D eigenvalue weighted by atomic mass is 9.97. The molecule has 1 aromatic rings. The third kappa shape index (κ3) is 1.37. The van der Waals surface area contributed by atoms with Crippen LogP contribution in [0.4, 0.5) is 0 Å². The zero-order valence-electron chi connectivity index (χ0n) is 7.45. The van der Waals surface area contributed by atoms with Crippen molar-refractivity contribution in [3.8, 4) is 0 Å². The average molecular weight is 165 g/mol. The monoisotopic (exact) mass is 165 g/mol. The van der Waals surface area contributed by atoms with Crippen molar-refractivity contribution in [3.63, 3.8) is 0 Å². The molecule has 1 fully saturated rings. The van der Waals surface area contributed by atoms with Gasteiger partial charge in [-0.25, -0.2) is 0 Å². The maximum Gasteiger partial charge on any atom is 0.0525 e. The zero-order chi connectivity index (χ0) is 8.39. The van der Waals surface area contributed by atoms with E-state index in [1.54, 1.807) is 0 Å². The Morgan fingerprint density at radius 2 is 2.50 bits per heavy atom. The smallest absolute Gasteiger partial charge is 0.0525 e. The van der Waals surface area contributed by atoms with Crippen LogP contribution >= 0.6 is 0 Å². The van der Waals surface area contributed by atoms with Gasteiger partial charge < -0.3 is 5.32 Å². The summed E-state index contributed by atoms with van der Waals surface area (Å²) in [5.41, 5.74) is 1.39. The van der Waals surface area contributed by atoms with Crippen LogP contribution in [0.5, 0.6) is 0 Å². The van der Waals surface area contributed by atoms with Crippen LogP contribution in [-0.4, -0.2) is 22.9 Å². The van der Waals surface area contributed by atoms with Crippen LogP contribution in [0.25, 0.3) is 0 Å². The Morgan fingerprint density at radius 1 is 1.67 bits per heavy atom. The maximum atomic E-state index is 4.30. The molecule has 2 rings (SSSR count). The molecule has 66 valence electrons. The Morgan fingerprint density at radius 3 is 3.08 bits per heavy atom. The molecule has 1 aliphatic heterocycles. The topological polar surface area (TPSA) is 29.9 Å². The molecule has 3 nitrogen and oxygen atoms in total. The van der Waals surface area contributed by atoms with E-state index < -0.39 is 0 Å². The van der Waals surface area contributed by atoms with Crippen molar-refractivity contribution in [2.24, 2.45) is 0 Å². The van der Waals surface area contributed by atoms with Crippen LogP contribution < -0.4 is 5.32 Å². The summed E-state index contributed by atoms with van der Waals surface area (Å²) in [4.78, 5) is 0. The van der Waals surface area contributed by atoms with Gasteiger partial charge in [0, 0.05) is 31.7 Å². The van der Waals surface area contributed by atoms with Gasteiger partial charge >= 0.3 is 0 Å². The van der Waals surface area contributed by atoms with Crippen molar-refractivity contribution >= 4 is 0 Å². The highest BCUT2D eigenvalue weighted by Crippen LogP contribution is 2.18. The Balaban J connectivity index is 2.02. The largest absolute Gasteiger partial charge is 0.315 e. The summed E-state index contributed by atoms with van der Waals surface area (Å²) >= 11 is 0. The van der Waals surface area contributed by atoms with Crippen LogP contribution in [0.1, 0.15) is 24.8 Å². The van der Waals surface area contributed by atoms with Gasteiger partial charge in [-0.1, -0.05) is 6.92 Å². The van der Waals surface area contributed by atoms with Crippen LogP contribution in [0.15, 0.2) is 12.4 Å². The minimum absolute atomic E-state index is 0.718. The molecule has 0 unspecified atom stereocenters. The average Bonchev–Trinajstić information content (AvgIpc) is 2.34. The van der Waals surface area contributed by atoms with Gasteiger partial charge in [0.1, 0.15) is 0 Å². The molecule has 1 aromatic heterocycles. The summed E-state index contributed by atoms with van der Waals surface area (Å²) in [6.45, 7) is 5.46. The lowest BCUT2D eigenvalue weighted by Crippen LogP contribution is -2.39. The number of nitrogens with one attached hydrogen (secondary N) is 1. The van der Waals surface area contributed by atoms with Crippen LogP contribution in [0.3, 0.4) is 0 Å². The second kappa shape index (κ2) is 3.27. The minimum Gasteiger partial charge on any atom is -0.315 e. The van der Waals surface area contributed by atoms with Crippen molar-refractivity contribution in [1.82, 2.24) is 15.1 Å². The second-order valence-corrected chi connectivity index (χ2v) is 3.39. The molecule has 1 saturated heterocycles. The van der Waals surface area contributed by atoms with Crippen molar-refractivity contribution in [3.05, 3.63) is 18.0 Å². The van der Waals surface area contributed by atoms with Gasteiger partial charge in [-0.2, -0.15) is 5.10 Å². The molecule has 0 amide bonds. The molecule has 0 spiro atoms. The maximum absolute atomic E-state index is 4.30. The van der Waals surface area contributed by atoms with Crippen molar-refractivity contribution in [2.75, 3.05) is 13.1 Å². The second-order valence-electron chi connectivity index (χ2n) is 3.39. The molecule has 0 bridgehead atoms. The number of hydrogen-bond acceptors (Lipinski definition) is 2. The number of rotatable bonds is 3. The molecule has 2 heterocycles. The summed E-state index contributed by atoms with van der Waals surface area (Å²) in [5, 5.41) is 7.56. The van der Waals surface area contributed by atoms with Crippen molar-refractivity contribution in [2.45, 2.75) is 25.8 Å². The van der Waals surface area contributed by atoms with Gasteiger partial charge in [0.25, 0.3) is 0 Å². The first-order valence-corrected chi connectivity index (χ1v) is 4.63. The predicted octanol–water partition coefficient (Wildman–Crippen LogP) is 0.980. The van der Waals surface area contributed by atoms with E-state index in [0.717, 1.165) is 32.0 Å². The van der Waals surface area contributed by atoms with E-state index in [1.807, 2.05) is 10.9 Å². The quantitative estimate of drug-likeness (QED) is 0.723. The summed E-state index contributed by atoms with van der Waals surface area (Å²) in [7, 11) is 0. The standard InChI is InChI=1S/C9H15N3/c1-2-3-12-7-9(6-11-12)8-4-10-5-8/h6-8,10H,2-5H2,1H3. The molecular formula is C9H15N3. The Bertz CT molecular complexity index is 250. The number of nitrogens with zero attached hydrogens (tertiary/aromatic N) is 2. The first-order chi connectivity index (χ1) is 5.90. The van der Waals surface area contributed by atoms with Gasteiger partial charge in [0.05, 0.1) is 6.20 Å². The molecule has 0 radical (unpaired) electrons. The van der Waals surface area contributed by atoms with E-state index >= 15 is 0 Å². The molecule has 0 aromatic carbocycles. The molecule has 0 saturated carbocycles. The van der Waals surface area contributed by atoms with Gasteiger partial charge in [-0.15, -0.1) is 0 Å². The molecule has 3 heteroatoms. The molecular weight excluding hydrogens is 150 g/mol. The SMILES string of the molecule is CCCn1cc(C2CNC2)cn1. The summed E-state index contributed by atoms with van der Waals surface area (Å²) in [5.74, 6) is 0.718. The van der Waals surface area contributed by atoms with E-state index in [2.05, 4.69) is 23.5 Å². The van der Waals surface area contributed by atoms with Gasteiger partial charge in [-0.05, 0) is 12.0 Å². The predicted molar refractivity (Wildman–Crippen MR) is 48.1 cm³/mol. The molecule has 1 aliphatic rings. The van der Waals surface area contributed by atoms with Crippen molar-refractivity contribution < 1.29 is 0 Å². The van der Waals surface area contributed by atoms with E-state index in [4.69, 9.17) is 0 Å². The highest BCUT2D eigenvalue weighted by atomic mass is 15.3. The summed E-state index contributed by atoms with van der Waals surface area (Å²) in [6, 6.07) is 0. The fraction of sp³-hybridized carbons (Fsp3) is 0.667. The molecule has 0 aliphatic carbocycles. The molecule has 0 atom stereocenters. The number of aryl methyl sites for hydroxylation is 1. The van der Waals surface area contributed by atoms with Gasteiger partial charge in [-0.3, -0.25) is 4.68 Å². The number of aromatic nitrogens is 2. The van der Waals surface area contributed by atoms with E-state index in [1.165, 1.54) is 5.56 Å². The fourth-order valence-corrected chi connectivity index (χ4v) is 1.47. The first kappa shape index (κ1) is 7.80. The van der Waals surface area contributed by atoms with Gasteiger partial charge in [0.15, 0.2) is 0 Å². The first-order valence-electron chi connectivity index (χ1n) is 4.63. The fourth-order valence-electron chi connectivity index (χ4n) is 1.47. The van der Waals surface area contributed by atoms with Crippen LogP contribution in [0, 0.1) is 0 Å². The third-order valence-corrected chi connectivity index (χ3v) is 2.36. The zero-order valence-corrected chi connectivity index (χ0v) is 7.45. The van der Waals surface area contributed by atoms with Crippen molar-refractivity contribution in [1.29, 1.82) is 0 Å². The van der Waals surface area contributed by atoms with E-state index in [-0.39, 0.29) is 0 Å². The molecule has 1 N–H and O–H groups in total. The normalized spacial score (nSPS) is 17.8. The van der Waals surface area contributed by atoms with Crippen LogP contribution in [-0.2, 0) is 6.54 Å². The van der Waals surface area contributed by atoms with Crippen LogP contribution in [0.2, 0.25) is 0 Å². The van der Waals surface area contributed by atoms with E-state index in [9.17, 15) is 0 Å². The van der Waals surface area contributed by atoms with E-state index in [0.29, 0.717) is 0 Å².